The second kappa shape index (κ2) is 8.11. The molecule has 1 rings (SSSR count). The van der Waals surface area contributed by atoms with Gasteiger partial charge in [-0.3, -0.25) is 14.9 Å². The highest BCUT2D eigenvalue weighted by Crippen LogP contribution is 2.24. The van der Waals surface area contributed by atoms with Crippen molar-refractivity contribution in [2.24, 2.45) is 0 Å². The van der Waals surface area contributed by atoms with Crippen LogP contribution >= 0.6 is 0 Å². The maximum absolute atomic E-state index is 12.0. The predicted octanol–water partition coefficient (Wildman–Crippen LogP) is 1.33. The minimum atomic E-state index is -0.527. The summed E-state index contributed by atoms with van der Waals surface area (Å²) in [6.07, 6.45) is 0.814. The van der Waals surface area contributed by atoms with E-state index in [-0.39, 0.29) is 17.3 Å². The number of nitro groups is 1. The standard InChI is InChI=1S/C13H19N3O4/c1-3-14-7-4-8-15-13(17)11-6-5-10(16(18)19)9-12(11)20-2/h5-6,9,14H,3-4,7-8H2,1-2H3,(H,15,17). The second-order valence-electron chi connectivity index (χ2n) is 4.10. The number of methoxy groups -OCH3 is 1. The van der Waals surface area contributed by atoms with Gasteiger partial charge < -0.3 is 15.4 Å². The third kappa shape index (κ3) is 4.51. The maximum Gasteiger partial charge on any atom is 0.273 e. The highest BCUT2D eigenvalue weighted by molar-refractivity contribution is 5.97. The Labute approximate surface area is 117 Å². The fourth-order valence-corrected chi connectivity index (χ4v) is 1.67. The lowest BCUT2D eigenvalue weighted by Crippen LogP contribution is -2.27. The van der Waals surface area contributed by atoms with Crippen LogP contribution in [0.15, 0.2) is 18.2 Å². The number of amides is 1. The summed E-state index contributed by atoms with van der Waals surface area (Å²) in [7, 11) is 1.38. The molecule has 0 spiro atoms. The predicted molar refractivity (Wildman–Crippen MR) is 75.1 cm³/mol. The molecule has 7 nitrogen and oxygen atoms in total. The van der Waals surface area contributed by atoms with Crippen LogP contribution in [0.2, 0.25) is 0 Å². The summed E-state index contributed by atoms with van der Waals surface area (Å²) in [4.78, 5) is 22.1. The molecule has 1 aromatic carbocycles. The maximum atomic E-state index is 12.0. The number of non-ortho nitro benzene ring substituents is 1. The first-order valence-corrected chi connectivity index (χ1v) is 6.41. The number of carbonyl (C=O) groups excluding carboxylic acids is 1. The Kier molecular flexibility index (Phi) is 6.45. The fraction of sp³-hybridized carbons (Fsp3) is 0.462. The number of carbonyl (C=O) groups is 1. The van der Waals surface area contributed by atoms with Gasteiger partial charge in [0.15, 0.2) is 0 Å². The molecule has 0 bridgehead atoms. The quantitative estimate of drug-likeness (QED) is 0.426. The summed E-state index contributed by atoms with van der Waals surface area (Å²) in [6, 6.07) is 3.93. The molecule has 110 valence electrons. The molecular weight excluding hydrogens is 262 g/mol. The lowest BCUT2D eigenvalue weighted by Gasteiger charge is -2.09. The number of benzene rings is 1. The summed E-state index contributed by atoms with van der Waals surface area (Å²) in [5.74, 6) is -0.100. The fourth-order valence-electron chi connectivity index (χ4n) is 1.67. The Morgan fingerprint density at radius 3 is 2.75 bits per heavy atom. The largest absolute Gasteiger partial charge is 0.496 e. The molecule has 20 heavy (non-hydrogen) atoms. The number of rotatable bonds is 8. The van der Waals surface area contributed by atoms with E-state index in [0.29, 0.717) is 12.1 Å². The van der Waals surface area contributed by atoms with Gasteiger partial charge in [-0.05, 0) is 25.6 Å². The van der Waals surface area contributed by atoms with E-state index < -0.39 is 4.92 Å². The van der Waals surface area contributed by atoms with E-state index in [1.165, 1.54) is 25.3 Å². The molecule has 0 atom stereocenters. The third-order valence-electron chi connectivity index (χ3n) is 2.71. The lowest BCUT2D eigenvalue weighted by molar-refractivity contribution is -0.384. The summed E-state index contributed by atoms with van der Waals surface area (Å²) in [5.41, 5.74) is 0.187. The van der Waals surface area contributed by atoms with E-state index in [0.717, 1.165) is 19.5 Å². The van der Waals surface area contributed by atoms with Crippen LogP contribution < -0.4 is 15.4 Å². The van der Waals surface area contributed by atoms with Crippen LogP contribution in [0, 0.1) is 10.1 Å². The topological polar surface area (TPSA) is 93.5 Å². The first kappa shape index (κ1) is 15.9. The van der Waals surface area contributed by atoms with Crippen LogP contribution in [0.25, 0.3) is 0 Å². The van der Waals surface area contributed by atoms with Gasteiger partial charge >= 0.3 is 0 Å². The average Bonchev–Trinajstić information content (AvgIpc) is 2.46. The van der Waals surface area contributed by atoms with Gasteiger partial charge in [-0.1, -0.05) is 6.92 Å². The van der Waals surface area contributed by atoms with Crippen LogP contribution in [0.4, 0.5) is 5.69 Å². The first-order chi connectivity index (χ1) is 9.60. The molecule has 0 unspecified atom stereocenters. The zero-order chi connectivity index (χ0) is 15.0. The zero-order valence-corrected chi connectivity index (χ0v) is 11.6. The first-order valence-electron chi connectivity index (χ1n) is 6.41. The van der Waals surface area contributed by atoms with Crippen LogP contribution in [-0.4, -0.2) is 37.6 Å². The minimum absolute atomic E-state index is 0.106. The second-order valence-corrected chi connectivity index (χ2v) is 4.10. The van der Waals surface area contributed by atoms with Crippen molar-refractivity contribution in [2.45, 2.75) is 13.3 Å². The highest BCUT2D eigenvalue weighted by atomic mass is 16.6. The number of nitrogens with one attached hydrogen (secondary N) is 2. The van der Waals surface area contributed by atoms with Crippen molar-refractivity contribution in [1.82, 2.24) is 10.6 Å². The van der Waals surface area contributed by atoms with E-state index in [9.17, 15) is 14.9 Å². The van der Waals surface area contributed by atoms with Gasteiger partial charge in [-0.2, -0.15) is 0 Å². The van der Waals surface area contributed by atoms with Gasteiger partial charge in [0.25, 0.3) is 11.6 Å². The summed E-state index contributed by atoms with van der Waals surface area (Å²) >= 11 is 0. The number of hydrogen-bond acceptors (Lipinski definition) is 5. The summed E-state index contributed by atoms with van der Waals surface area (Å²) in [5, 5.41) is 16.6. The molecule has 0 saturated heterocycles. The van der Waals surface area contributed by atoms with Crippen molar-refractivity contribution in [3.63, 3.8) is 0 Å². The van der Waals surface area contributed by atoms with E-state index in [1.54, 1.807) is 0 Å². The van der Waals surface area contributed by atoms with E-state index in [2.05, 4.69) is 10.6 Å². The van der Waals surface area contributed by atoms with Gasteiger partial charge in [0.1, 0.15) is 5.75 Å². The van der Waals surface area contributed by atoms with Gasteiger partial charge in [-0.15, -0.1) is 0 Å². The lowest BCUT2D eigenvalue weighted by atomic mass is 10.1. The molecule has 0 fully saturated rings. The smallest absolute Gasteiger partial charge is 0.273 e. The SMILES string of the molecule is CCNCCCNC(=O)c1ccc([N+](=O)[O-])cc1OC. The molecule has 2 N–H and O–H groups in total. The van der Waals surface area contributed by atoms with Crippen molar-refractivity contribution in [3.8, 4) is 5.75 Å². The van der Waals surface area contributed by atoms with E-state index in [4.69, 9.17) is 4.74 Å². The molecule has 0 aliphatic carbocycles. The summed E-state index contributed by atoms with van der Waals surface area (Å²) < 4.78 is 5.02. The van der Waals surface area contributed by atoms with Crippen molar-refractivity contribution in [2.75, 3.05) is 26.7 Å². The third-order valence-corrected chi connectivity index (χ3v) is 2.71. The Morgan fingerprint density at radius 2 is 2.15 bits per heavy atom. The van der Waals surface area contributed by atoms with Gasteiger partial charge in [0.05, 0.1) is 23.7 Å². The van der Waals surface area contributed by atoms with Crippen molar-refractivity contribution < 1.29 is 14.5 Å². The van der Waals surface area contributed by atoms with E-state index >= 15 is 0 Å². The molecule has 0 aliphatic rings. The van der Waals surface area contributed by atoms with Crippen molar-refractivity contribution in [1.29, 1.82) is 0 Å². The Morgan fingerprint density at radius 1 is 1.40 bits per heavy atom. The molecule has 0 aliphatic heterocycles. The van der Waals surface area contributed by atoms with Crippen LogP contribution in [0.3, 0.4) is 0 Å². The Balaban J connectivity index is 2.65. The van der Waals surface area contributed by atoms with Gasteiger partial charge in [0, 0.05) is 12.6 Å². The van der Waals surface area contributed by atoms with Gasteiger partial charge in [-0.25, -0.2) is 0 Å². The number of ether oxygens (including phenoxy) is 1. The molecule has 1 amide bonds. The number of nitro benzene ring substituents is 1. The number of nitrogens with zero attached hydrogens (tertiary/aromatic N) is 1. The molecule has 0 aromatic heterocycles. The molecular formula is C13H19N3O4. The van der Waals surface area contributed by atoms with Crippen molar-refractivity contribution in [3.05, 3.63) is 33.9 Å². The Bertz CT molecular complexity index is 477. The monoisotopic (exact) mass is 281 g/mol. The molecule has 7 heteroatoms. The molecule has 0 radical (unpaired) electrons. The molecule has 0 heterocycles. The van der Waals surface area contributed by atoms with Crippen LogP contribution in [0.5, 0.6) is 5.75 Å². The minimum Gasteiger partial charge on any atom is -0.496 e. The highest BCUT2D eigenvalue weighted by Gasteiger charge is 2.16. The summed E-state index contributed by atoms with van der Waals surface area (Å²) in [6.45, 7) is 4.27. The number of hydrogen-bond donors (Lipinski definition) is 2. The molecule has 1 aromatic rings. The van der Waals surface area contributed by atoms with Crippen LogP contribution in [-0.2, 0) is 0 Å². The Hall–Kier alpha value is -2.15. The zero-order valence-electron chi connectivity index (χ0n) is 11.6. The van der Waals surface area contributed by atoms with E-state index in [1.807, 2.05) is 6.92 Å². The van der Waals surface area contributed by atoms with Crippen LogP contribution in [0.1, 0.15) is 23.7 Å². The normalized spacial score (nSPS) is 10.1. The van der Waals surface area contributed by atoms with Crippen molar-refractivity contribution >= 4 is 11.6 Å². The molecule has 0 saturated carbocycles. The average molecular weight is 281 g/mol. The van der Waals surface area contributed by atoms with Gasteiger partial charge in [0.2, 0.25) is 0 Å².